The summed E-state index contributed by atoms with van der Waals surface area (Å²) in [5, 5.41) is 0. The first-order valence-electron chi connectivity index (χ1n) is 5.22. The van der Waals surface area contributed by atoms with Gasteiger partial charge in [-0.1, -0.05) is 20.8 Å². The fourth-order valence-corrected chi connectivity index (χ4v) is 2.52. The molecule has 0 spiro atoms. The SMILES string of the molecule is CC(C)CC1CC(C)CC(F)C1. The Balaban J connectivity index is 2.34. The molecule has 1 fully saturated rings. The highest BCUT2D eigenvalue weighted by atomic mass is 19.1. The van der Waals surface area contributed by atoms with Crippen LogP contribution in [0.4, 0.5) is 4.39 Å². The molecule has 12 heavy (non-hydrogen) atoms. The Bertz CT molecular complexity index is 118. The van der Waals surface area contributed by atoms with E-state index in [1.807, 2.05) is 0 Å². The van der Waals surface area contributed by atoms with Crippen molar-refractivity contribution in [1.82, 2.24) is 0 Å². The topological polar surface area (TPSA) is 0 Å². The molecule has 0 aromatic heterocycles. The molecule has 0 saturated heterocycles. The van der Waals surface area contributed by atoms with Crippen LogP contribution in [0.2, 0.25) is 0 Å². The first-order chi connectivity index (χ1) is 5.58. The van der Waals surface area contributed by atoms with E-state index in [1.165, 1.54) is 12.8 Å². The fraction of sp³-hybridized carbons (Fsp3) is 1.00. The lowest BCUT2D eigenvalue weighted by Crippen LogP contribution is -2.23. The van der Waals surface area contributed by atoms with E-state index in [2.05, 4.69) is 20.8 Å². The summed E-state index contributed by atoms with van der Waals surface area (Å²) in [4.78, 5) is 0. The molecule has 0 aliphatic heterocycles. The molecule has 0 amide bonds. The van der Waals surface area contributed by atoms with Crippen LogP contribution in [-0.4, -0.2) is 6.17 Å². The second kappa shape index (κ2) is 4.25. The second-order valence-corrected chi connectivity index (χ2v) is 4.91. The highest BCUT2D eigenvalue weighted by Gasteiger charge is 2.26. The van der Waals surface area contributed by atoms with E-state index >= 15 is 0 Å². The molecule has 72 valence electrons. The maximum Gasteiger partial charge on any atom is 0.101 e. The summed E-state index contributed by atoms with van der Waals surface area (Å²) in [7, 11) is 0. The van der Waals surface area contributed by atoms with Crippen molar-refractivity contribution in [2.24, 2.45) is 17.8 Å². The minimum absolute atomic E-state index is 0.516. The van der Waals surface area contributed by atoms with Crippen LogP contribution in [-0.2, 0) is 0 Å². The summed E-state index contributed by atoms with van der Waals surface area (Å²) >= 11 is 0. The third-order valence-electron chi connectivity index (χ3n) is 2.79. The van der Waals surface area contributed by atoms with E-state index in [0.29, 0.717) is 11.8 Å². The van der Waals surface area contributed by atoms with Gasteiger partial charge in [0.25, 0.3) is 0 Å². The van der Waals surface area contributed by atoms with Gasteiger partial charge in [-0.15, -0.1) is 0 Å². The average molecular weight is 172 g/mol. The predicted octanol–water partition coefficient (Wildman–Crippen LogP) is 3.81. The Kier molecular flexibility index (Phi) is 3.54. The van der Waals surface area contributed by atoms with Gasteiger partial charge in [-0.2, -0.15) is 0 Å². The van der Waals surface area contributed by atoms with Crippen molar-refractivity contribution in [2.45, 2.75) is 52.6 Å². The van der Waals surface area contributed by atoms with Crippen molar-refractivity contribution in [2.75, 3.05) is 0 Å². The van der Waals surface area contributed by atoms with Crippen molar-refractivity contribution in [3.05, 3.63) is 0 Å². The fourth-order valence-electron chi connectivity index (χ4n) is 2.52. The van der Waals surface area contributed by atoms with Crippen LogP contribution in [0.3, 0.4) is 0 Å². The zero-order valence-corrected chi connectivity index (χ0v) is 8.52. The molecule has 3 atom stereocenters. The van der Waals surface area contributed by atoms with Crippen molar-refractivity contribution < 1.29 is 4.39 Å². The molecule has 1 heteroatoms. The summed E-state index contributed by atoms with van der Waals surface area (Å²) in [5.74, 6) is 1.99. The lowest BCUT2D eigenvalue weighted by molar-refractivity contribution is 0.142. The van der Waals surface area contributed by atoms with Gasteiger partial charge in [0.2, 0.25) is 0 Å². The molecule has 1 saturated carbocycles. The minimum Gasteiger partial charge on any atom is -0.247 e. The van der Waals surface area contributed by atoms with Gasteiger partial charge in [0.1, 0.15) is 6.17 Å². The Labute approximate surface area is 75.5 Å². The van der Waals surface area contributed by atoms with Crippen molar-refractivity contribution in [3.63, 3.8) is 0 Å². The molecule has 3 unspecified atom stereocenters. The van der Waals surface area contributed by atoms with Gasteiger partial charge in [-0.3, -0.25) is 0 Å². The summed E-state index contributed by atoms with van der Waals surface area (Å²) in [5.41, 5.74) is 0. The lowest BCUT2D eigenvalue weighted by atomic mass is 9.78. The summed E-state index contributed by atoms with van der Waals surface area (Å²) in [6, 6.07) is 0. The molecule has 1 aliphatic carbocycles. The van der Waals surface area contributed by atoms with E-state index in [9.17, 15) is 4.39 Å². The largest absolute Gasteiger partial charge is 0.247 e. The maximum atomic E-state index is 13.1. The van der Waals surface area contributed by atoms with Gasteiger partial charge in [-0.25, -0.2) is 4.39 Å². The Morgan fingerprint density at radius 1 is 1.25 bits per heavy atom. The van der Waals surface area contributed by atoms with Gasteiger partial charge < -0.3 is 0 Å². The normalized spacial score (nSPS) is 37.2. The summed E-state index contributed by atoms with van der Waals surface area (Å²) < 4.78 is 13.1. The van der Waals surface area contributed by atoms with Crippen LogP contribution in [0.15, 0.2) is 0 Å². The third kappa shape index (κ3) is 3.12. The van der Waals surface area contributed by atoms with Crippen molar-refractivity contribution in [1.29, 1.82) is 0 Å². The third-order valence-corrected chi connectivity index (χ3v) is 2.79. The standard InChI is InChI=1S/C11H21F/c1-8(2)4-10-5-9(3)6-11(12)7-10/h8-11H,4-7H2,1-3H3. The van der Waals surface area contributed by atoms with Gasteiger partial charge in [-0.05, 0) is 43.4 Å². The number of alkyl halides is 1. The van der Waals surface area contributed by atoms with Crippen molar-refractivity contribution >= 4 is 0 Å². The second-order valence-electron chi connectivity index (χ2n) is 4.91. The number of halogens is 1. The quantitative estimate of drug-likeness (QED) is 0.594. The summed E-state index contributed by atoms with van der Waals surface area (Å²) in [6.45, 7) is 6.64. The molecule has 0 radical (unpaired) electrons. The zero-order valence-electron chi connectivity index (χ0n) is 8.52. The van der Waals surface area contributed by atoms with Gasteiger partial charge >= 0.3 is 0 Å². The van der Waals surface area contributed by atoms with Crippen LogP contribution >= 0.6 is 0 Å². The molecule has 0 nitrogen and oxygen atoms in total. The molecule has 0 aromatic carbocycles. The van der Waals surface area contributed by atoms with E-state index in [1.54, 1.807) is 0 Å². The zero-order chi connectivity index (χ0) is 9.14. The number of hydrogen-bond donors (Lipinski definition) is 0. The minimum atomic E-state index is -0.516. The molecule has 0 aromatic rings. The van der Waals surface area contributed by atoms with Gasteiger partial charge in [0, 0.05) is 0 Å². The maximum absolute atomic E-state index is 13.1. The Hall–Kier alpha value is -0.0700. The first kappa shape index (κ1) is 10.0. The van der Waals surface area contributed by atoms with Gasteiger partial charge in [0.05, 0.1) is 0 Å². The molecular formula is C11H21F. The average Bonchev–Trinajstić information content (AvgIpc) is 1.81. The van der Waals surface area contributed by atoms with E-state index in [4.69, 9.17) is 0 Å². The van der Waals surface area contributed by atoms with E-state index in [-0.39, 0.29) is 0 Å². The Morgan fingerprint density at radius 3 is 2.42 bits per heavy atom. The smallest absolute Gasteiger partial charge is 0.101 e. The highest BCUT2D eigenvalue weighted by molar-refractivity contribution is 4.77. The highest BCUT2D eigenvalue weighted by Crippen LogP contribution is 2.34. The van der Waals surface area contributed by atoms with Crippen LogP contribution < -0.4 is 0 Å². The molecule has 1 rings (SSSR count). The lowest BCUT2D eigenvalue weighted by Gasteiger charge is -2.30. The van der Waals surface area contributed by atoms with E-state index in [0.717, 1.165) is 18.8 Å². The van der Waals surface area contributed by atoms with Crippen LogP contribution in [0.1, 0.15) is 46.5 Å². The molecule has 1 aliphatic rings. The summed E-state index contributed by atoms with van der Waals surface area (Å²) in [6.07, 6.45) is 3.57. The molecular weight excluding hydrogens is 151 g/mol. The molecule has 0 N–H and O–H groups in total. The molecule has 0 bridgehead atoms. The number of hydrogen-bond acceptors (Lipinski definition) is 0. The number of rotatable bonds is 2. The molecule has 0 heterocycles. The predicted molar refractivity (Wildman–Crippen MR) is 50.9 cm³/mol. The Morgan fingerprint density at radius 2 is 1.92 bits per heavy atom. The van der Waals surface area contributed by atoms with Crippen LogP contribution in [0, 0.1) is 17.8 Å². The van der Waals surface area contributed by atoms with Crippen LogP contribution in [0.25, 0.3) is 0 Å². The first-order valence-corrected chi connectivity index (χ1v) is 5.22. The van der Waals surface area contributed by atoms with Gasteiger partial charge in [0.15, 0.2) is 0 Å². The van der Waals surface area contributed by atoms with E-state index < -0.39 is 6.17 Å². The van der Waals surface area contributed by atoms with Crippen molar-refractivity contribution in [3.8, 4) is 0 Å². The van der Waals surface area contributed by atoms with Crippen LogP contribution in [0.5, 0.6) is 0 Å². The monoisotopic (exact) mass is 172 g/mol.